The minimum atomic E-state index is -3.91. The first-order chi connectivity index (χ1) is 16.2. The molecule has 9 heteroatoms. The first-order valence-electron chi connectivity index (χ1n) is 10.8. The van der Waals surface area contributed by atoms with Crippen molar-refractivity contribution < 1.29 is 22.3 Å². The molecule has 0 N–H and O–H groups in total. The molecule has 1 aromatic heterocycles. The molecule has 0 aliphatic heterocycles. The maximum atomic E-state index is 13.4. The average molecular weight is 505 g/mol. The fourth-order valence-corrected chi connectivity index (χ4v) is 5.67. The summed E-state index contributed by atoms with van der Waals surface area (Å²) in [6.45, 7) is 4.30. The number of thiophene rings is 1. The fourth-order valence-electron chi connectivity index (χ4n) is 3.39. The van der Waals surface area contributed by atoms with Crippen LogP contribution in [0.3, 0.4) is 0 Å². The summed E-state index contributed by atoms with van der Waals surface area (Å²) in [6, 6.07) is 16.4. The first-order valence-corrected chi connectivity index (χ1v) is 13.1. The third-order valence-corrected chi connectivity index (χ3v) is 8.14. The van der Waals surface area contributed by atoms with Crippen LogP contribution in [0.25, 0.3) is 0 Å². The van der Waals surface area contributed by atoms with Crippen molar-refractivity contribution in [1.29, 1.82) is 0 Å². The highest BCUT2D eigenvalue weighted by atomic mass is 32.2. The van der Waals surface area contributed by atoms with Crippen LogP contribution in [-0.4, -0.2) is 50.3 Å². The summed E-state index contributed by atoms with van der Waals surface area (Å²) in [5.74, 6) is -0.701. The van der Waals surface area contributed by atoms with Crippen LogP contribution in [0.1, 0.15) is 20.9 Å². The van der Waals surface area contributed by atoms with Crippen molar-refractivity contribution in [2.75, 3.05) is 26.8 Å². The van der Waals surface area contributed by atoms with Crippen LogP contribution in [0.5, 0.6) is 0 Å². The number of hydrogen-bond donors (Lipinski definition) is 0. The molecule has 1 heterocycles. The summed E-state index contributed by atoms with van der Waals surface area (Å²) in [5.41, 5.74) is 1.70. The molecule has 0 unspecified atom stereocenters. The molecule has 1 amide bonds. The fraction of sp³-hybridized carbons (Fsp3) is 0.320. The van der Waals surface area contributed by atoms with Gasteiger partial charge in [-0.05, 0) is 55.8 Å². The van der Waals surface area contributed by atoms with Gasteiger partial charge < -0.3 is 9.64 Å². The molecule has 0 saturated heterocycles. The average Bonchev–Trinajstić information content (AvgIpc) is 3.22. The first kappa shape index (κ1) is 26.0. The molecule has 3 rings (SSSR count). The van der Waals surface area contributed by atoms with Gasteiger partial charge in [0.25, 0.3) is 0 Å². The molecule has 0 aliphatic carbocycles. The van der Waals surface area contributed by atoms with E-state index in [-0.39, 0.29) is 42.9 Å². The zero-order chi connectivity index (χ0) is 24.7. The molecule has 0 radical (unpaired) electrons. The van der Waals surface area contributed by atoms with Gasteiger partial charge in [0.1, 0.15) is 5.82 Å². The minimum Gasteiger partial charge on any atom is -0.383 e. The number of hydrogen-bond acceptors (Lipinski definition) is 5. The Morgan fingerprint density at radius 3 is 2.24 bits per heavy atom. The Bertz CT molecular complexity index is 1190. The van der Waals surface area contributed by atoms with E-state index >= 15 is 0 Å². The van der Waals surface area contributed by atoms with Crippen LogP contribution < -0.4 is 0 Å². The van der Waals surface area contributed by atoms with Gasteiger partial charge in [0.15, 0.2) is 0 Å². The van der Waals surface area contributed by atoms with E-state index < -0.39 is 10.0 Å². The van der Waals surface area contributed by atoms with E-state index in [1.165, 1.54) is 19.2 Å². The van der Waals surface area contributed by atoms with E-state index in [9.17, 15) is 17.6 Å². The number of carbonyl (C=O) groups excluding carboxylic acids is 1. The van der Waals surface area contributed by atoms with Gasteiger partial charge in [0.2, 0.25) is 15.9 Å². The Balaban J connectivity index is 1.86. The predicted molar refractivity (Wildman–Crippen MR) is 132 cm³/mol. The van der Waals surface area contributed by atoms with Gasteiger partial charge in [0.05, 0.1) is 24.6 Å². The second kappa shape index (κ2) is 11.7. The number of benzene rings is 2. The summed E-state index contributed by atoms with van der Waals surface area (Å²) in [5, 5.41) is 0. The molecule has 6 nitrogen and oxygen atoms in total. The number of aryl methyl sites for hydroxylation is 2. The maximum absolute atomic E-state index is 13.4. The third kappa shape index (κ3) is 6.96. The molecule has 2 aromatic carbocycles. The Labute approximate surface area is 204 Å². The van der Waals surface area contributed by atoms with Gasteiger partial charge in [-0.25, -0.2) is 12.8 Å². The van der Waals surface area contributed by atoms with E-state index in [0.717, 1.165) is 25.2 Å². The predicted octanol–water partition coefficient (Wildman–Crippen LogP) is 4.37. The van der Waals surface area contributed by atoms with Crippen molar-refractivity contribution >= 4 is 27.3 Å². The van der Waals surface area contributed by atoms with E-state index in [1.807, 2.05) is 26.0 Å². The van der Waals surface area contributed by atoms with Gasteiger partial charge in [0, 0.05) is 30.0 Å². The SMILES string of the molecule is COCCN(CC(=O)N(Cc1ccc(F)cc1)Cc1ccc(C)s1)S(=O)(=O)c1ccc(C)cc1. The second-order valence-electron chi connectivity index (χ2n) is 8.03. The Morgan fingerprint density at radius 2 is 1.65 bits per heavy atom. The molecule has 3 aromatic rings. The molecule has 182 valence electrons. The number of ether oxygens (including phenoxy) is 1. The lowest BCUT2D eigenvalue weighted by Gasteiger charge is -2.27. The van der Waals surface area contributed by atoms with Crippen molar-refractivity contribution in [3.8, 4) is 0 Å². The van der Waals surface area contributed by atoms with Crippen LogP contribution in [0.4, 0.5) is 4.39 Å². The van der Waals surface area contributed by atoms with E-state index in [2.05, 4.69) is 0 Å². The second-order valence-corrected chi connectivity index (χ2v) is 11.3. The number of halogens is 1. The number of methoxy groups -OCH3 is 1. The van der Waals surface area contributed by atoms with Crippen LogP contribution in [0.15, 0.2) is 65.6 Å². The van der Waals surface area contributed by atoms with Crippen molar-refractivity contribution in [1.82, 2.24) is 9.21 Å². The number of nitrogens with zero attached hydrogens (tertiary/aromatic N) is 2. The lowest BCUT2D eigenvalue weighted by Crippen LogP contribution is -2.43. The highest BCUT2D eigenvalue weighted by Crippen LogP contribution is 2.21. The zero-order valence-electron chi connectivity index (χ0n) is 19.5. The molecule has 34 heavy (non-hydrogen) atoms. The van der Waals surface area contributed by atoms with Gasteiger partial charge in [-0.1, -0.05) is 29.8 Å². The molecular weight excluding hydrogens is 475 g/mol. The quantitative estimate of drug-likeness (QED) is 0.389. The van der Waals surface area contributed by atoms with E-state index in [4.69, 9.17) is 4.74 Å². The van der Waals surface area contributed by atoms with Crippen molar-refractivity contribution in [3.63, 3.8) is 0 Å². The van der Waals surface area contributed by atoms with Crippen LogP contribution >= 0.6 is 11.3 Å². The van der Waals surface area contributed by atoms with Gasteiger partial charge >= 0.3 is 0 Å². The maximum Gasteiger partial charge on any atom is 0.243 e. The van der Waals surface area contributed by atoms with Gasteiger partial charge in [-0.3, -0.25) is 4.79 Å². The Morgan fingerprint density at radius 1 is 0.971 bits per heavy atom. The zero-order valence-corrected chi connectivity index (χ0v) is 21.2. The largest absolute Gasteiger partial charge is 0.383 e. The Hall–Kier alpha value is -2.59. The van der Waals surface area contributed by atoms with Crippen LogP contribution in [0, 0.1) is 19.7 Å². The number of amides is 1. The Kier molecular flexibility index (Phi) is 8.96. The lowest BCUT2D eigenvalue weighted by atomic mass is 10.2. The van der Waals surface area contributed by atoms with E-state index in [0.29, 0.717) is 6.54 Å². The van der Waals surface area contributed by atoms with Gasteiger partial charge in [-0.15, -0.1) is 11.3 Å². The summed E-state index contributed by atoms with van der Waals surface area (Å²) >= 11 is 1.58. The standard InChI is InChI=1S/C25H29FN2O4S2/c1-19-4-12-24(13-5-19)34(30,31)28(14-15-32-3)18-25(29)27(17-23-11-6-20(2)33-23)16-21-7-9-22(26)10-8-21/h4-13H,14-18H2,1-3H3. The van der Waals surface area contributed by atoms with Gasteiger partial charge in [-0.2, -0.15) is 4.31 Å². The molecule has 0 aliphatic rings. The molecule has 0 spiro atoms. The highest BCUT2D eigenvalue weighted by Gasteiger charge is 2.28. The van der Waals surface area contributed by atoms with Crippen molar-refractivity contribution in [2.24, 2.45) is 0 Å². The van der Waals surface area contributed by atoms with Crippen molar-refractivity contribution in [2.45, 2.75) is 31.8 Å². The van der Waals surface area contributed by atoms with E-state index in [1.54, 1.807) is 52.6 Å². The highest BCUT2D eigenvalue weighted by molar-refractivity contribution is 7.89. The summed E-state index contributed by atoms with van der Waals surface area (Å²) in [7, 11) is -2.42. The smallest absolute Gasteiger partial charge is 0.243 e. The van der Waals surface area contributed by atoms with Crippen molar-refractivity contribution in [3.05, 3.63) is 87.4 Å². The monoisotopic (exact) mass is 504 g/mol. The number of carbonyl (C=O) groups is 1. The minimum absolute atomic E-state index is 0.0426. The molecule has 0 atom stereocenters. The topological polar surface area (TPSA) is 66.9 Å². The van der Waals surface area contributed by atoms with Crippen LogP contribution in [-0.2, 0) is 32.6 Å². The summed E-state index contributed by atoms with van der Waals surface area (Å²) in [4.78, 5) is 17.3. The summed E-state index contributed by atoms with van der Waals surface area (Å²) < 4.78 is 46.3. The van der Waals surface area contributed by atoms with Crippen LogP contribution in [0.2, 0.25) is 0 Å². The molecule has 0 fully saturated rings. The normalized spacial score (nSPS) is 11.7. The molecular formula is C25H29FN2O4S2. The lowest BCUT2D eigenvalue weighted by molar-refractivity contribution is -0.132. The third-order valence-electron chi connectivity index (χ3n) is 5.30. The molecule has 0 bridgehead atoms. The number of sulfonamides is 1. The number of rotatable bonds is 11. The molecule has 0 saturated carbocycles. The summed E-state index contributed by atoms with van der Waals surface area (Å²) in [6.07, 6.45) is 0.